The van der Waals surface area contributed by atoms with Gasteiger partial charge in [0.1, 0.15) is 18.5 Å². The van der Waals surface area contributed by atoms with E-state index in [1.54, 1.807) is 18.2 Å². The number of nitrogens with zero attached hydrogens (tertiary/aromatic N) is 2. The van der Waals surface area contributed by atoms with Gasteiger partial charge in [-0.1, -0.05) is 25.4 Å². The number of thiophene rings is 1. The molecule has 1 saturated heterocycles. The van der Waals surface area contributed by atoms with Crippen LogP contribution < -0.4 is 15.5 Å². The Kier molecular flexibility index (Phi) is 9.17. The zero-order valence-corrected chi connectivity index (χ0v) is 22.5. The molecule has 0 bridgehead atoms. The van der Waals surface area contributed by atoms with Crippen molar-refractivity contribution in [2.75, 3.05) is 49.6 Å². The van der Waals surface area contributed by atoms with Crippen molar-refractivity contribution in [1.82, 2.24) is 10.2 Å². The summed E-state index contributed by atoms with van der Waals surface area (Å²) in [6.45, 7) is 6.22. The fourth-order valence-corrected chi connectivity index (χ4v) is 5.29. The van der Waals surface area contributed by atoms with E-state index in [1.807, 2.05) is 0 Å². The lowest BCUT2D eigenvalue weighted by molar-refractivity contribution is -0.125. The molecule has 1 aliphatic carbocycles. The van der Waals surface area contributed by atoms with Gasteiger partial charge in [-0.3, -0.25) is 19.3 Å². The van der Waals surface area contributed by atoms with Gasteiger partial charge < -0.3 is 20.3 Å². The van der Waals surface area contributed by atoms with Crippen LogP contribution in [0.1, 0.15) is 36.4 Å². The molecule has 2 N–H and O–H groups in total. The van der Waals surface area contributed by atoms with E-state index in [9.17, 15) is 18.8 Å². The van der Waals surface area contributed by atoms with Gasteiger partial charge in [0.15, 0.2) is 0 Å². The molecule has 2 heterocycles. The summed E-state index contributed by atoms with van der Waals surface area (Å²) in [5.41, 5.74) is 0.434. The number of hydrogen-bond donors (Lipinski definition) is 2. The first-order chi connectivity index (χ1) is 17.7. The van der Waals surface area contributed by atoms with Gasteiger partial charge in [-0.05, 0) is 55.0 Å². The number of anilines is 2. The second-order valence-electron chi connectivity index (χ2n) is 9.87. The molecule has 2 aliphatic rings. The van der Waals surface area contributed by atoms with Crippen LogP contribution in [-0.2, 0) is 14.3 Å². The number of nitrogens with one attached hydrogen (secondary N) is 2. The van der Waals surface area contributed by atoms with Crippen LogP contribution in [0.15, 0.2) is 30.3 Å². The van der Waals surface area contributed by atoms with E-state index in [0.29, 0.717) is 34.2 Å². The largest absolute Gasteiger partial charge is 0.370 e. The molecule has 2 fully saturated rings. The van der Waals surface area contributed by atoms with Gasteiger partial charge in [0, 0.05) is 31.9 Å². The molecule has 1 aliphatic heterocycles. The van der Waals surface area contributed by atoms with E-state index in [4.69, 9.17) is 16.3 Å². The highest BCUT2D eigenvalue weighted by atomic mass is 35.5. The fourth-order valence-electron chi connectivity index (χ4n) is 4.33. The molecule has 37 heavy (non-hydrogen) atoms. The standard InChI is InChI=1S/C26H32ClFN4O4S/c1-16(2)13-31(14-17-3-4-17)21(12-29-26(35)22-7-8-23(27)37-22)25(34)30-18-5-6-20(19(28)11-18)32-9-10-36-15-24(32)33/h5-8,11,16-17,21H,3-4,9-10,12-15H2,1-2H3,(H,29,35)(H,30,34)/t21-/m0/s1. The maximum Gasteiger partial charge on any atom is 0.261 e. The zero-order chi connectivity index (χ0) is 26.5. The third kappa shape index (κ3) is 7.50. The van der Waals surface area contributed by atoms with Gasteiger partial charge >= 0.3 is 0 Å². The Morgan fingerprint density at radius 1 is 1.27 bits per heavy atom. The molecule has 200 valence electrons. The van der Waals surface area contributed by atoms with E-state index in [1.165, 1.54) is 28.4 Å². The highest BCUT2D eigenvalue weighted by Crippen LogP contribution is 2.31. The highest BCUT2D eigenvalue weighted by molar-refractivity contribution is 7.18. The van der Waals surface area contributed by atoms with Gasteiger partial charge in [0.05, 0.1) is 21.5 Å². The molecule has 4 rings (SSSR count). The summed E-state index contributed by atoms with van der Waals surface area (Å²) in [4.78, 5) is 42.2. The maximum absolute atomic E-state index is 15.0. The molecule has 1 aromatic carbocycles. The Balaban J connectivity index is 1.50. The molecule has 1 atom stereocenters. The second kappa shape index (κ2) is 12.3. The summed E-state index contributed by atoms with van der Waals surface area (Å²) < 4.78 is 20.6. The predicted molar refractivity (Wildman–Crippen MR) is 143 cm³/mol. The number of carbonyl (C=O) groups is 3. The third-order valence-corrected chi connectivity index (χ3v) is 7.51. The van der Waals surface area contributed by atoms with Crippen LogP contribution in [0.4, 0.5) is 15.8 Å². The van der Waals surface area contributed by atoms with Crippen LogP contribution in [0, 0.1) is 17.7 Å². The monoisotopic (exact) mass is 550 g/mol. The number of hydrogen-bond acceptors (Lipinski definition) is 6. The lowest BCUT2D eigenvalue weighted by Crippen LogP contribution is -2.52. The molecule has 3 amide bonds. The van der Waals surface area contributed by atoms with Crippen molar-refractivity contribution in [1.29, 1.82) is 0 Å². The van der Waals surface area contributed by atoms with Crippen molar-refractivity contribution in [3.05, 3.63) is 45.4 Å². The summed E-state index contributed by atoms with van der Waals surface area (Å²) in [6, 6.07) is 6.94. The smallest absolute Gasteiger partial charge is 0.261 e. The van der Waals surface area contributed by atoms with Gasteiger partial charge in [0.2, 0.25) is 5.91 Å². The lowest BCUT2D eigenvalue weighted by atomic mass is 10.1. The van der Waals surface area contributed by atoms with E-state index < -0.39 is 11.9 Å². The first-order valence-electron chi connectivity index (χ1n) is 12.5. The minimum atomic E-state index is -0.647. The number of halogens is 2. The number of benzene rings is 1. The van der Waals surface area contributed by atoms with Gasteiger partial charge in [-0.25, -0.2) is 4.39 Å². The Morgan fingerprint density at radius 3 is 2.68 bits per heavy atom. The number of ether oxygens (including phenoxy) is 1. The van der Waals surface area contributed by atoms with Crippen molar-refractivity contribution in [2.45, 2.75) is 32.7 Å². The fraction of sp³-hybridized carbons (Fsp3) is 0.500. The molecule has 0 spiro atoms. The van der Waals surface area contributed by atoms with Crippen LogP contribution in [0.5, 0.6) is 0 Å². The van der Waals surface area contributed by atoms with E-state index in [2.05, 4.69) is 29.4 Å². The predicted octanol–water partition coefficient (Wildman–Crippen LogP) is 4.01. The minimum absolute atomic E-state index is 0.0876. The molecule has 2 aromatic rings. The van der Waals surface area contributed by atoms with Crippen molar-refractivity contribution in [3.8, 4) is 0 Å². The summed E-state index contributed by atoms with van der Waals surface area (Å²) in [5.74, 6) is -0.706. The SMILES string of the molecule is CC(C)CN(CC1CC1)[C@@H](CNC(=O)c1ccc(Cl)s1)C(=O)Nc1ccc(N2CCOCC2=O)c(F)c1. The first kappa shape index (κ1) is 27.5. The summed E-state index contributed by atoms with van der Waals surface area (Å²) in [5, 5.41) is 5.70. The number of morpholine rings is 1. The van der Waals surface area contributed by atoms with Crippen molar-refractivity contribution >= 4 is 52.0 Å². The average Bonchev–Trinajstić information content (AvgIpc) is 3.55. The maximum atomic E-state index is 15.0. The van der Waals surface area contributed by atoms with Gasteiger partial charge in [-0.15, -0.1) is 11.3 Å². The average molecular weight is 551 g/mol. The Morgan fingerprint density at radius 2 is 2.05 bits per heavy atom. The lowest BCUT2D eigenvalue weighted by Gasteiger charge is -2.32. The van der Waals surface area contributed by atoms with Crippen molar-refractivity contribution in [2.24, 2.45) is 11.8 Å². The number of rotatable bonds is 11. The minimum Gasteiger partial charge on any atom is -0.370 e. The Labute approximate surface area is 225 Å². The summed E-state index contributed by atoms with van der Waals surface area (Å²) in [7, 11) is 0. The Hall–Kier alpha value is -2.53. The first-order valence-corrected chi connectivity index (χ1v) is 13.7. The molecule has 8 nitrogen and oxygen atoms in total. The van der Waals surface area contributed by atoms with Crippen LogP contribution in [-0.4, -0.2) is 68.1 Å². The van der Waals surface area contributed by atoms with Crippen LogP contribution in [0.2, 0.25) is 4.34 Å². The molecule has 1 saturated carbocycles. The van der Waals surface area contributed by atoms with E-state index >= 15 is 0 Å². The number of carbonyl (C=O) groups excluding carboxylic acids is 3. The quantitative estimate of drug-likeness (QED) is 0.441. The van der Waals surface area contributed by atoms with E-state index in [-0.39, 0.29) is 48.8 Å². The summed E-state index contributed by atoms with van der Waals surface area (Å²) in [6.07, 6.45) is 2.24. The molecular weight excluding hydrogens is 519 g/mol. The third-order valence-electron chi connectivity index (χ3n) is 6.28. The Bertz CT molecular complexity index is 1140. The topological polar surface area (TPSA) is 91.0 Å². The second-order valence-corrected chi connectivity index (χ2v) is 11.6. The number of amides is 3. The molecule has 0 unspecified atom stereocenters. The zero-order valence-electron chi connectivity index (χ0n) is 21.0. The normalized spacial score (nSPS) is 16.8. The molecule has 11 heteroatoms. The van der Waals surface area contributed by atoms with Crippen molar-refractivity contribution < 1.29 is 23.5 Å². The van der Waals surface area contributed by atoms with Gasteiger partial charge in [0.25, 0.3) is 11.8 Å². The van der Waals surface area contributed by atoms with Crippen LogP contribution in [0.3, 0.4) is 0 Å². The molecule has 1 aromatic heterocycles. The van der Waals surface area contributed by atoms with Crippen molar-refractivity contribution in [3.63, 3.8) is 0 Å². The van der Waals surface area contributed by atoms with Crippen LogP contribution >= 0.6 is 22.9 Å². The highest BCUT2D eigenvalue weighted by Gasteiger charge is 2.33. The molecule has 0 radical (unpaired) electrons. The molecular formula is C26H32ClFN4O4S. The van der Waals surface area contributed by atoms with Gasteiger partial charge in [-0.2, -0.15) is 0 Å². The van der Waals surface area contributed by atoms with Crippen LogP contribution in [0.25, 0.3) is 0 Å². The van der Waals surface area contributed by atoms with E-state index in [0.717, 1.165) is 19.4 Å². The summed E-state index contributed by atoms with van der Waals surface area (Å²) >= 11 is 7.14.